The van der Waals surface area contributed by atoms with Gasteiger partial charge in [-0.3, -0.25) is 9.69 Å². The Bertz CT molecular complexity index is 390. The molecule has 4 heteroatoms. The fraction of sp³-hybridized carbons (Fsp3) is 0.500. The molecule has 0 spiro atoms. The van der Waals surface area contributed by atoms with Crippen LogP contribution < -0.4 is 11.1 Å². The average molecular weight is 249 g/mol. The van der Waals surface area contributed by atoms with E-state index < -0.39 is 0 Å². The third kappa shape index (κ3) is 4.47. The molecule has 0 radical (unpaired) electrons. The lowest BCUT2D eigenvalue weighted by molar-refractivity contribution is -0.117. The highest BCUT2D eigenvalue weighted by Crippen LogP contribution is 2.23. The maximum absolute atomic E-state index is 11.9. The molecule has 0 saturated carbocycles. The minimum Gasteiger partial charge on any atom is -0.329 e. The molecule has 0 saturated heterocycles. The number of nitrogens with one attached hydrogen (secondary N) is 1. The first-order valence-electron chi connectivity index (χ1n) is 6.32. The van der Waals surface area contributed by atoms with Crippen molar-refractivity contribution < 1.29 is 4.79 Å². The fourth-order valence-electron chi connectivity index (χ4n) is 1.85. The molecule has 18 heavy (non-hydrogen) atoms. The van der Waals surface area contributed by atoms with Crippen molar-refractivity contribution in [3.63, 3.8) is 0 Å². The number of nitrogens with two attached hydrogens (primary N) is 1. The summed E-state index contributed by atoms with van der Waals surface area (Å²) in [5, 5.41) is 2.96. The van der Waals surface area contributed by atoms with Crippen LogP contribution in [0.2, 0.25) is 0 Å². The Labute approximate surface area is 109 Å². The summed E-state index contributed by atoms with van der Waals surface area (Å²) in [5.41, 5.74) is 7.51. The molecule has 0 aliphatic rings. The van der Waals surface area contributed by atoms with Crippen molar-refractivity contribution in [2.75, 3.05) is 32.0 Å². The molecule has 0 bridgehead atoms. The third-order valence-electron chi connectivity index (χ3n) is 2.78. The molecule has 0 aromatic heterocycles. The Kier molecular flexibility index (Phi) is 5.82. The van der Waals surface area contributed by atoms with Crippen LogP contribution in [-0.2, 0) is 4.79 Å². The highest BCUT2D eigenvalue weighted by Gasteiger charge is 2.10. The van der Waals surface area contributed by atoms with Crippen molar-refractivity contribution in [1.82, 2.24) is 4.90 Å². The van der Waals surface area contributed by atoms with E-state index in [4.69, 9.17) is 5.73 Å². The van der Waals surface area contributed by atoms with Gasteiger partial charge in [0.05, 0.1) is 6.54 Å². The Balaban J connectivity index is 2.64. The quantitative estimate of drug-likeness (QED) is 0.806. The van der Waals surface area contributed by atoms with E-state index in [0.717, 1.165) is 17.8 Å². The minimum absolute atomic E-state index is 0.000880. The second kappa shape index (κ2) is 7.13. The highest BCUT2D eigenvalue weighted by molar-refractivity contribution is 5.93. The normalized spacial score (nSPS) is 11.0. The molecule has 1 rings (SSSR count). The number of anilines is 1. The molecular formula is C14H23N3O. The van der Waals surface area contributed by atoms with Crippen molar-refractivity contribution in [2.45, 2.75) is 19.8 Å². The van der Waals surface area contributed by atoms with E-state index in [9.17, 15) is 4.79 Å². The van der Waals surface area contributed by atoms with Crippen LogP contribution in [0.3, 0.4) is 0 Å². The average Bonchev–Trinajstić information content (AvgIpc) is 2.29. The van der Waals surface area contributed by atoms with Gasteiger partial charge in [-0.2, -0.15) is 0 Å². The van der Waals surface area contributed by atoms with Gasteiger partial charge in [-0.1, -0.05) is 32.0 Å². The van der Waals surface area contributed by atoms with Gasteiger partial charge in [0.25, 0.3) is 0 Å². The van der Waals surface area contributed by atoms with Gasteiger partial charge in [0.15, 0.2) is 0 Å². The number of para-hydroxylation sites is 1. The monoisotopic (exact) mass is 249 g/mol. The molecule has 0 unspecified atom stereocenters. The van der Waals surface area contributed by atoms with Crippen LogP contribution in [0.25, 0.3) is 0 Å². The van der Waals surface area contributed by atoms with Gasteiger partial charge in [-0.05, 0) is 24.6 Å². The largest absolute Gasteiger partial charge is 0.329 e. The van der Waals surface area contributed by atoms with Crippen LogP contribution in [0.5, 0.6) is 0 Å². The number of carbonyl (C=O) groups excluding carboxylic acids is 1. The van der Waals surface area contributed by atoms with Crippen molar-refractivity contribution in [2.24, 2.45) is 5.73 Å². The summed E-state index contributed by atoms with van der Waals surface area (Å²) in [7, 11) is 1.89. The second-order valence-electron chi connectivity index (χ2n) is 4.82. The molecule has 1 aromatic carbocycles. The van der Waals surface area contributed by atoms with Gasteiger partial charge in [-0.15, -0.1) is 0 Å². The number of hydrogen-bond acceptors (Lipinski definition) is 3. The van der Waals surface area contributed by atoms with Gasteiger partial charge in [0.2, 0.25) is 5.91 Å². The zero-order valence-electron chi connectivity index (χ0n) is 11.4. The van der Waals surface area contributed by atoms with E-state index in [0.29, 0.717) is 19.0 Å². The Hall–Kier alpha value is -1.39. The molecule has 0 aliphatic carbocycles. The van der Waals surface area contributed by atoms with Crippen LogP contribution in [0, 0.1) is 0 Å². The van der Waals surface area contributed by atoms with E-state index in [2.05, 4.69) is 19.2 Å². The smallest absolute Gasteiger partial charge is 0.238 e. The number of benzene rings is 1. The molecular weight excluding hydrogens is 226 g/mol. The lowest BCUT2D eigenvalue weighted by atomic mass is 10.0. The molecule has 1 aromatic rings. The molecule has 3 N–H and O–H groups in total. The summed E-state index contributed by atoms with van der Waals surface area (Å²) < 4.78 is 0. The maximum atomic E-state index is 11.9. The van der Waals surface area contributed by atoms with Gasteiger partial charge in [-0.25, -0.2) is 0 Å². The lowest BCUT2D eigenvalue weighted by Crippen LogP contribution is -2.33. The summed E-state index contributed by atoms with van der Waals surface area (Å²) in [6.45, 7) is 5.88. The van der Waals surface area contributed by atoms with Crippen molar-refractivity contribution in [3.8, 4) is 0 Å². The summed E-state index contributed by atoms with van der Waals surface area (Å²) in [5.74, 6) is 0.391. The zero-order valence-corrected chi connectivity index (χ0v) is 11.4. The van der Waals surface area contributed by atoms with E-state index in [1.165, 1.54) is 0 Å². The summed E-state index contributed by atoms with van der Waals surface area (Å²) in [6, 6.07) is 7.91. The van der Waals surface area contributed by atoms with Gasteiger partial charge in [0.1, 0.15) is 0 Å². The van der Waals surface area contributed by atoms with Crippen molar-refractivity contribution in [1.29, 1.82) is 0 Å². The molecule has 1 amide bonds. The molecule has 0 atom stereocenters. The van der Waals surface area contributed by atoms with Crippen molar-refractivity contribution >= 4 is 11.6 Å². The minimum atomic E-state index is -0.000880. The lowest BCUT2D eigenvalue weighted by Gasteiger charge is -2.17. The highest BCUT2D eigenvalue weighted by atomic mass is 16.2. The number of rotatable bonds is 6. The Morgan fingerprint density at radius 1 is 1.39 bits per heavy atom. The van der Waals surface area contributed by atoms with Crippen molar-refractivity contribution in [3.05, 3.63) is 29.8 Å². The first-order valence-corrected chi connectivity index (χ1v) is 6.32. The molecule has 100 valence electrons. The van der Waals surface area contributed by atoms with Crippen LogP contribution in [0.15, 0.2) is 24.3 Å². The first kappa shape index (κ1) is 14.7. The van der Waals surface area contributed by atoms with E-state index in [1.807, 2.05) is 36.2 Å². The number of hydrogen-bond donors (Lipinski definition) is 2. The van der Waals surface area contributed by atoms with Crippen LogP contribution in [-0.4, -0.2) is 37.5 Å². The molecule has 0 heterocycles. The van der Waals surface area contributed by atoms with E-state index >= 15 is 0 Å². The molecule has 4 nitrogen and oxygen atoms in total. The zero-order chi connectivity index (χ0) is 13.5. The maximum Gasteiger partial charge on any atom is 0.238 e. The number of likely N-dealkylation sites (N-methyl/N-ethyl adjacent to an activating group) is 1. The molecule has 0 aliphatic heterocycles. The predicted octanol–water partition coefficient (Wildman–Crippen LogP) is 1.64. The van der Waals surface area contributed by atoms with Gasteiger partial charge < -0.3 is 11.1 Å². The predicted molar refractivity (Wildman–Crippen MR) is 75.7 cm³/mol. The van der Waals surface area contributed by atoms with E-state index in [1.54, 1.807) is 0 Å². The van der Waals surface area contributed by atoms with Gasteiger partial charge >= 0.3 is 0 Å². The number of amides is 1. The van der Waals surface area contributed by atoms with Crippen LogP contribution in [0.1, 0.15) is 25.3 Å². The summed E-state index contributed by atoms with van der Waals surface area (Å²) >= 11 is 0. The fourth-order valence-corrected chi connectivity index (χ4v) is 1.85. The first-order chi connectivity index (χ1) is 8.54. The Morgan fingerprint density at radius 2 is 2.06 bits per heavy atom. The topological polar surface area (TPSA) is 58.4 Å². The second-order valence-corrected chi connectivity index (χ2v) is 4.82. The standard InChI is InChI=1S/C14H23N3O/c1-11(2)12-6-4-5-7-13(12)16-14(18)10-17(3)9-8-15/h4-7,11H,8-10,15H2,1-3H3,(H,16,18). The summed E-state index contributed by atoms with van der Waals surface area (Å²) in [4.78, 5) is 13.8. The number of nitrogens with zero attached hydrogens (tertiary/aromatic N) is 1. The Morgan fingerprint density at radius 3 is 2.67 bits per heavy atom. The number of carbonyl (C=O) groups is 1. The van der Waals surface area contributed by atoms with E-state index in [-0.39, 0.29) is 5.91 Å². The van der Waals surface area contributed by atoms with Gasteiger partial charge in [0, 0.05) is 18.8 Å². The van der Waals surface area contributed by atoms with Crippen LogP contribution >= 0.6 is 0 Å². The SMILES string of the molecule is CC(C)c1ccccc1NC(=O)CN(C)CCN. The van der Waals surface area contributed by atoms with Crippen LogP contribution in [0.4, 0.5) is 5.69 Å². The summed E-state index contributed by atoms with van der Waals surface area (Å²) in [6.07, 6.45) is 0. The molecule has 0 fully saturated rings. The third-order valence-corrected chi connectivity index (χ3v) is 2.78.